The van der Waals surface area contributed by atoms with Crippen LogP contribution in [0.15, 0.2) is 42.6 Å². The van der Waals surface area contributed by atoms with E-state index in [0.717, 1.165) is 11.3 Å². The second-order valence-corrected chi connectivity index (χ2v) is 4.61. The number of nitrogens with zero attached hydrogens (tertiary/aromatic N) is 2. The zero-order valence-corrected chi connectivity index (χ0v) is 11.4. The molecule has 0 bridgehead atoms. The van der Waals surface area contributed by atoms with E-state index in [1.807, 2.05) is 37.3 Å². The van der Waals surface area contributed by atoms with Crippen molar-refractivity contribution < 1.29 is 4.79 Å². The Labute approximate surface area is 118 Å². The van der Waals surface area contributed by atoms with Crippen LogP contribution in [0.3, 0.4) is 0 Å². The predicted octanol–water partition coefficient (Wildman–Crippen LogP) is 0.971. The highest BCUT2D eigenvalue weighted by molar-refractivity contribution is 5.81. The van der Waals surface area contributed by atoms with Crippen LogP contribution < -0.4 is 11.1 Å². The molecule has 5 heteroatoms. The summed E-state index contributed by atoms with van der Waals surface area (Å²) in [5.74, 6) is 0.510. The summed E-state index contributed by atoms with van der Waals surface area (Å²) in [4.78, 5) is 20.2. The van der Waals surface area contributed by atoms with E-state index in [4.69, 9.17) is 5.73 Å². The summed E-state index contributed by atoms with van der Waals surface area (Å²) in [6.07, 6.45) is 2.20. The van der Waals surface area contributed by atoms with Crippen molar-refractivity contribution in [1.29, 1.82) is 0 Å². The Bertz CT molecular complexity index is 571. The smallest absolute Gasteiger partial charge is 0.237 e. The summed E-state index contributed by atoms with van der Waals surface area (Å²) in [5.41, 5.74) is 7.72. The number of nitrogens with one attached hydrogen (secondary N) is 1. The topological polar surface area (TPSA) is 80.9 Å². The standard InChI is InChI=1S/C15H18N4O/c1-11-17-8-7-13(19-11)10-18-15(20)14(16)9-12-5-3-2-4-6-12/h2-8,14H,9-10,16H2,1H3,(H,18,20). The summed E-state index contributed by atoms with van der Waals surface area (Å²) in [7, 11) is 0. The Balaban J connectivity index is 1.85. The van der Waals surface area contributed by atoms with Crippen molar-refractivity contribution in [3.63, 3.8) is 0 Å². The molecule has 1 aromatic heterocycles. The van der Waals surface area contributed by atoms with Gasteiger partial charge in [-0.15, -0.1) is 0 Å². The van der Waals surface area contributed by atoms with Crippen LogP contribution in [0, 0.1) is 6.92 Å². The maximum Gasteiger partial charge on any atom is 0.237 e. The number of carbonyl (C=O) groups excluding carboxylic acids is 1. The molecule has 104 valence electrons. The Morgan fingerprint density at radius 2 is 2.05 bits per heavy atom. The van der Waals surface area contributed by atoms with Crippen LogP contribution >= 0.6 is 0 Å². The molecular formula is C15H18N4O. The number of nitrogens with two attached hydrogens (primary N) is 1. The molecule has 2 aromatic rings. The highest BCUT2D eigenvalue weighted by Gasteiger charge is 2.13. The van der Waals surface area contributed by atoms with Gasteiger partial charge in [0.25, 0.3) is 0 Å². The second-order valence-electron chi connectivity index (χ2n) is 4.61. The number of hydrogen-bond donors (Lipinski definition) is 2. The first kappa shape index (κ1) is 14.1. The molecule has 3 N–H and O–H groups in total. The number of aryl methyl sites for hydroxylation is 1. The lowest BCUT2D eigenvalue weighted by molar-refractivity contribution is -0.122. The summed E-state index contributed by atoms with van der Waals surface area (Å²) in [6, 6.07) is 10.9. The molecule has 0 aliphatic rings. The molecule has 0 saturated carbocycles. The van der Waals surface area contributed by atoms with Crippen molar-refractivity contribution >= 4 is 5.91 Å². The van der Waals surface area contributed by atoms with Crippen LogP contribution in [0.2, 0.25) is 0 Å². The Hall–Kier alpha value is -2.27. The van der Waals surface area contributed by atoms with E-state index < -0.39 is 6.04 Å². The summed E-state index contributed by atoms with van der Waals surface area (Å²) >= 11 is 0. The van der Waals surface area contributed by atoms with Gasteiger partial charge in [0, 0.05) is 6.20 Å². The van der Waals surface area contributed by atoms with Crippen LogP contribution in [-0.2, 0) is 17.8 Å². The molecule has 1 amide bonds. The molecule has 2 rings (SSSR count). The first-order valence-corrected chi connectivity index (χ1v) is 6.51. The molecular weight excluding hydrogens is 252 g/mol. The lowest BCUT2D eigenvalue weighted by Crippen LogP contribution is -2.41. The largest absolute Gasteiger partial charge is 0.349 e. The first-order chi connectivity index (χ1) is 9.65. The molecule has 5 nitrogen and oxygen atoms in total. The van der Waals surface area contributed by atoms with Gasteiger partial charge < -0.3 is 11.1 Å². The van der Waals surface area contributed by atoms with E-state index in [1.54, 1.807) is 12.3 Å². The third kappa shape index (κ3) is 4.13. The fraction of sp³-hybridized carbons (Fsp3) is 0.267. The minimum absolute atomic E-state index is 0.176. The van der Waals surface area contributed by atoms with Crippen LogP contribution in [-0.4, -0.2) is 21.9 Å². The van der Waals surface area contributed by atoms with Crippen molar-refractivity contribution in [2.75, 3.05) is 0 Å². The normalized spacial score (nSPS) is 11.9. The Kier molecular flexibility index (Phi) is 4.79. The number of aromatic nitrogens is 2. The zero-order chi connectivity index (χ0) is 14.4. The summed E-state index contributed by atoms with van der Waals surface area (Å²) in [5, 5.41) is 2.79. The van der Waals surface area contributed by atoms with Gasteiger partial charge in [0.1, 0.15) is 5.82 Å². The van der Waals surface area contributed by atoms with Crippen molar-refractivity contribution in [2.24, 2.45) is 5.73 Å². The van der Waals surface area contributed by atoms with Gasteiger partial charge >= 0.3 is 0 Å². The SMILES string of the molecule is Cc1nccc(CNC(=O)C(N)Cc2ccccc2)n1. The Morgan fingerprint density at radius 3 is 2.75 bits per heavy atom. The number of amides is 1. The van der Waals surface area contributed by atoms with Crippen LogP contribution in [0.25, 0.3) is 0 Å². The molecule has 0 fully saturated rings. The van der Waals surface area contributed by atoms with Gasteiger partial charge in [-0.25, -0.2) is 9.97 Å². The molecule has 1 heterocycles. The first-order valence-electron chi connectivity index (χ1n) is 6.51. The minimum atomic E-state index is -0.555. The van der Waals surface area contributed by atoms with Gasteiger partial charge in [-0.2, -0.15) is 0 Å². The van der Waals surface area contributed by atoms with Crippen molar-refractivity contribution in [2.45, 2.75) is 25.9 Å². The van der Waals surface area contributed by atoms with Crippen LogP contribution in [0.1, 0.15) is 17.1 Å². The summed E-state index contributed by atoms with van der Waals surface area (Å²) < 4.78 is 0. The molecule has 0 saturated heterocycles. The number of rotatable bonds is 5. The lowest BCUT2D eigenvalue weighted by atomic mass is 10.1. The second kappa shape index (κ2) is 6.77. The third-order valence-corrected chi connectivity index (χ3v) is 2.91. The molecule has 1 atom stereocenters. The molecule has 0 aliphatic carbocycles. The maximum atomic E-state index is 11.9. The monoisotopic (exact) mass is 270 g/mol. The van der Waals surface area contributed by atoms with E-state index in [0.29, 0.717) is 18.8 Å². The Morgan fingerprint density at radius 1 is 1.30 bits per heavy atom. The van der Waals surface area contributed by atoms with Crippen LogP contribution in [0.5, 0.6) is 0 Å². The van der Waals surface area contributed by atoms with Gasteiger partial charge in [-0.05, 0) is 25.0 Å². The fourth-order valence-electron chi connectivity index (χ4n) is 1.87. The molecule has 0 radical (unpaired) electrons. The van der Waals surface area contributed by atoms with Gasteiger partial charge in [-0.3, -0.25) is 4.79 Å². The van der Waals surface area contributed by atoms with Gasteiger partial charge in [0.15, 0.2) is 0 Å². The van der Waals surface area contributed by atoms with Crippen molar-refractivity contribution in [3.8, 4) is 0 Å². The molecule has 20 heavy (non-hydrogen) atoms. The van der Waals surface area contributed by atoms with Crippen LogP contribution in [0.4, 0.5) is 0 Å². The highest BCUT2D eigenvalue weighted by Crippen LogP contribution is 2.02. The quantitative estimate of drug-likeness (QED) is 0.848. The summed E-state index contributed by atoms with van der Waals surface area (Å²) in [6.45, 7) is 2.18. The van der Waals surface area contributed by atoms with E-state index in [1.165, 1.54) is 0 Å². The number of benzene rings is 1. The predicted molar refractivity (Wildman–Crippen MR) is 76.7 cm³/mol. The van der Waals surface area contributed by atoms with E-state index >= 15 is 0 Å². The van der Waals surface area contributed by atoms with E-state index in [-0.39, 0.29) is 5.91 Å². The average Bonchev–Trinajstić information content (AvgIpc) is 2.46. The highest BCUT2D eigenvalue weighted by atomic mass is 16.2. The third-order valence-electron chi connectivity index (χ3n) is 2.91. The number of hydrogen-bond acceptors (Lipinski definition) is 4. The maximum absolute atomic E-state index is 11.9. The van der Waals surface area contributed by atoms with Gasteiger partial charge in [0.05, 0.1) is 18.3 Å². The lowest BCUT2D eigenvalue weighted by Gasteiger charge is -2.12. The van der Waals surface area contributed by atoms with Gasteiger partial charge in [0.2, 0.25) is 5.91 Å². The van der Waals surface area contributed by atoms with E-state index in [9.17, 15) is 4.79 Å². The molecule has 0 spiro atoms. The van der Waals surface area contributed by atoms with E-state index in [2.05, 4.69) is 15.3 Å². The minimum Gasteiger partial charge on any atom is -0.349 e. The number of carbonyl (C=O) groups is 1. The average molecular weight is 270 g/mol. The molecule has 1 unspecified atom stereocenters. The fourth-order valence-corrected chi connectivity index (χ4v) is 1.87. The van der Waals surface area contributed by atoms with Crippen molar-refractivity contribution in [1.82, 2.24) is 15.3 Å². The molecule has 1 aromatic carbocycles. The molecule has 0 aliphatic heterocycles. The van der Waals surface area contributed by atoms with Crippen molar-refractivity contribution in [3.05, 3.63) is 59.7 Å². The zero-order valence-electron chi connectivity index (χ0n) is 11.4. The van der Waals surface area contributed by atoms with Gasteiger partial charge in [-0.1, -0.05) is 30.3 Å².